The van der Waals surface area contributed by atoms with Gasteiger partial charge in [-0.2, -0.15) is 0 Å². The number of amides is 2. The number of fused-ring (bicyclic) bond motifs is 1. The molecule has 1 heterocycles. The van der Waals surface area contributed by atoms with Gasteiger partial charge >= 0.3 is 0 Å². The lowest BCUT2D eigenvalue weighted by molar-refractivity contribution is -0.111. The number of thiophene rings is 1. The lowest BCUT2D eigenvalue weighted by Crippen LogP contribution is -2.21. The van der Waals surface area contributed by atoms with Crippen molar-refractivity contribution in [1.82, 2.24) is 5.32 Å². The molecule has 0 fully saturated rings. The molecule has 1 aromatic carbocycles. The van der Waals surface area contributed by atoms with Gasteiger partial charge in [0.1, 0.15) is 5.00 Å². The first-order chi connectivity index (χ1) is 11.2. The summed E-state index contributed by atoms with van der Waals surface area (Å²) in [5, 5.41) is 6.17. The first kappa shape index (κ1) is 15.5. The number of carbonyl (C=O) groups is 2. The predicted octanol–water partition coefficient (Wildman–Crippen LogP) is 3.25. The zero-order valence-electron chi connectivity index (χ0n) is 12.9. The minimum absolute atomic E-state index is 0.133. The fourth-order valence-corrected chi connectivity index (χ4v) is 4.04. The second-order valence-corrected chi connectivity index (χ2v) is 6.48. The standard InChI is InChI=1S/C18H18N2O2S/c1-19-17(22)16-13-8-5-9-14(13)23-18(16)20-15(21)11-10-12-6-3-2-4-7-12/h2-4,6-7,10-11H,5,8-9H2,1H3,(H,19,22)(H,20,21). The number of benzene rings is 1. The van der Waals surface area contributed by atoms with Crippen LogP contribution in [0.4, 0.5) is 5.00 Å². The molecule has 0 saturated carbocycles. The van der Waals surface area contributed by atoms with Crippen LogP contribution >= 0.6 is 11.3 Å². The summed E-state index contributed by atoms with van der Waals surface area (Å²) in [5.41, 5.74) is 2.69. The van der Waals surface area contributed by atoms with Gasteiger partial charge in [0.15, 0.2) is 0 Å². The Morgan fingerprint density at radius 1 is 1.17 bits per heavy atom. The molecule has 2 aromatic rings. The van der Waals surface area contributed by atoms with Crippen LogP contribution in [0.15, 0.2) is 36.4 Å². The number of anilines is 1. The van der Waals surface area contributed by atoms with E-state index < -0.39 is 0 Å². The van der Waals surface area contributed by atoms with Gasteiger partial charge in [-0.1, -0.05) is 30.3 Å². The Morgan fingerprint density at radius 3 is 2.70 bits per heavy atom. The monoisotopic (exact) mass is 326 g/mol. The van der Waals surface area contributed by atoms with Crippen LogP contribution in [0, 0.1) is 0 Å². The molecule has 118 valence electrons. The summed E-state index contributed by atoms with van der Waals surface area (Å²) in [6.45, 7) is 0. The predicted molar refractivity (Wildman–Crippen MR) is 93.8 cm³/mol. The highest BCUT2D eigenvalue weighted by molar-refractivity contribution is 7.17. The third kappa shape index (κ3) is 3.35. The van der Waals surface area contributed by atoms with E-state index in [4.69, 9.17) is 0 Å². The Morgan fingerprint density at radius 2 is 1.96 bits per heavy atom. The first-order valence-corrected chi connectivity index (χ1v) is 8.41. The highest BCUT2D eigenvalue weighted by Gasteiger charge is 2.26. The molecule has 5 heteroatoms. The van der Waals surface area contributed by atoms with E-state index in [0.29, 0.717) is 10.6 Å². The molecule has 2 amide bonds. The van der Waals surface area contributed by atoms with E-state index in [9.17, 15) is 9.59 Å². The third-order valence-electron chi connectivity index (χ3n) is 3.84. The molecule has 0 atom stereocenters. The Balaban J connectivity index is 1.79. The van der Waals surface area contributed by atoms with Gasteiger partial charge in [0.05, 0.1) is 5.56 Å². The molecule has 1 aliphatic carbocycles. The van der Waals surface area contributed by atoms with Gasteiger partial charge in [-0.25, -0.2) is 0 Å². The summed E-state index contributed by atoms with van der Waals surface area (Å²) in [5.74, 6) is -0.356. The Bertz CT molecular complexity index is 763. The Kier molecular flexibility index (Phi) is 4.57. The highest BCUT2D eigenvalue weighted by Crippen LogP contribution is 2.39. The van der Waals surface area contributed by atoms with Crippen LogP contribution in [0.2, 0.25) is 0 Å². The minimum atomic E-state index is -0.223. The van der Waals surface area contributed by atoms with E-state index in [1.807, 2.05) is 30.3 Å². The van der Waals surface area contributed by atoms with Crippen LogP contribution in [0.1, 0.15) is 32.8 Å². The lowest BCUT2D eigenvalue weighted by atomic mass is 10.1. The molecule has 2 N–H and O–H groups in total. The summed E-state index contributed by atoms with van der Waals surface area (Å²) in [6.07, 6.45) is 6.22. The van der Waals surface area contributed by atoms with Crippen molar-refractivity contribution in [2.45, 2.75) is 19.3 Å². The summed E-state index contributed by atoms with van der Waals surface area (Å²) in [6, 6.07) is 9.63. The Labute approximate surface area is 139 Å². The average molecular weight is 326 g/mol. The summed E-state index contributed by atoms with van der Waals surface area (Å²) in [4.78, 5) is 25.5. The van der Waals surface area contributed by atoms with E-state index in [2.05, 4.69) is 10.6 Å². The quantitative estimate of drug-likeness (QED) is 0.847. The van der Waals surface area contributed by atoms with Crippen LogP contribution in [-0.4, -0.2) is 18.9 Å². The summed E-state index contributed by atoms with van der Waals surface area (Å²) in [7, 11) is 1.61. The molecular weight excluding hydrogens is 308 g/mol. The number of nitrogens with one attached hydrogen (secondary N) is 2. The fourth-order valence-electron chi connectivity index (χ4n) is 2.75. The van der Waals surface area contributed by atoms with Crippen molar-refractivity contribution in [3.05, 3.63) is 58.0 Å². The molecule has 0 unspecified atom stereocenters. The number of carbonyl (C=O) groups excluding carboxylic acids is 2. The highest BCUT2D eigenvalue weighted by atomic mass is 32.1. The van der Waals surface area contributed by atoms with Crippen molar-refractivity contribution in [2.24, 2.45) is 0 Å². The molecule has 0 aliphatic heterocycles. The zero-order chi connectivity index (χ0) is 16.2. The SMILES string of the molecule is CNC(=O)c1c(NC(=O)C=Cc2ccccc2)sc2c1CCC2. The molecule has 0 saturated heterocycles. The summed E-state index contributed by atoms with van der Waals surface area (Å²) < 4.78 is 0. The molecule has 1 aromatic heterocycles. The minimum Gasteiger partial charge on any atom is -0.355 e. The molecule has 4 nitrogen and oxygen atoms in total. The largest absolute Gasteiger partial charge is 0.355 e. The number of aryl methyl sites for hydroxylation is 1. The van der Waals surface area contributed by atoms with Gasteiger partial charge in [-0.15, -0.1) is 11.3 Å². The van der Waals surface area contributed by atoms with Gasteiger partial charge in [-0.3, -0.25) is 9.59 Å². The van der Waals surface area contributed by atoms with Crippen LogP contribution in [-0.2, 0) is 17.6 Å². The molecule has 23 heavy (non-hydrogen) atoms. The van der Waals surface area contributed by atoms with Crippen molar-refractivity contribution in [3.8, 4) is 0 Å². The van der Waals surface area contributed by atoms with Gasteiger partial charge in [-0.05, 0) is 36.5 Å². The molecular formula is C18H18N2O2S. The van der Waals surface area contributed by atoms with Crippen molar-refractivity contribution < 1.29 is 9.59 Å². The maximum absolute atomic E-state index is 12.2. The molecule has 0 bridgehead atoms. The second-order valence-electron chi connectivity index (χ2n) is 5.37. The van der Waals surface area contributed by atoms with Crippen LogP contribution in [0.3, 0.4) is 0 Å². The Hall–Kier alpha value is -2.40. The van der Waals surface area contributed by atoms with E-state index >= 15 is 0 Å². The normalized spacial score (nSPS) is 13.1. The first-order valence-electron chi connectivity index (χ1n) is 7.59. The average Bonchev–Trinajstić information content (AvgIpc) is 3.14. The van der Waals surface area contributed by atoms with E-state index in [1.54, 1.807) is 13.1 Å². The van der Waals surface area contributed by atoms with Crippen molar-refractivity contribution in [1.29, 1.82) is 0 Å². The number of hydrogen-bond acceptors (Lipinski definition) is 3. The zero-order valence-corrected chi connectivity index (χ0v) is 13.7. The second kappa shape index (κ2) is 6.79. The van der Waals surface area contributed by atoms with Crippen LogP contribution in [0.25, 0.3) is 6.08 Å². The topological polar surface area (TPSA) is 58.2 Å². The third-order valence-corrected chi connectivity index (χ3v) is 5.05. The van der Waals surface area contributed by atoms with Crippen LogP contribution in [0.5, 0.6) is 0 Å². The maximum Gasteiger partial charge on any atom is 0.254 e. The van der Waals surface area contributed by atoms with Gasteiger partial charge < -0.3 is 10.6 Å². The van der Waals surface area contributed by atoms with Crippen molar-refractivity contribution in [3.63, 3.8) is 0 Å². The van der Waals surface area contributed by atoms with Gasteiger partial charge in [0.25, 0.3) is 5.91 Å². The molecule has 0 radical (unpaired) electrons. The molecule has 0 spiro atoms. The maximum atomic E-state index is 12.2. The van der Waals surface area contributed by atoms with E-state index in [1.165, 1.54) is 22.3 Å². The molecule has 1 aliphatic rings. The van der Waals surface area contributed by atoms with Crippen molar-refractivity contribution in [2.75, 3.05) is 12.4 Å². The number of hydrogen-bond donors (Lipinski definition) is 2. The lowest BCUT2D eigenvalue weighted by Gasteiger charge is -2.05. The number of rotatable bonds is 4. The van der Waals surface area contributed by atoms with Gasteiger partial charge in [0, 0.05) is 18.0 Å². The smallest absolute Gasteiger partial charge is 0.254 e. The van der Waals surface area contributed by atoms with Gasteiger partial charge in [0.2, 0.25) is 5.91 Å². The van der Waals surface area contributed by atoms with Crippen molar-refractivity contribution >= 4 is 34.2 Å². The summed E-state index contributed by atoms with van der Waals surface area (Å²) >= 11 is 1.52. The molecule has 3 rings (SSSR count). The van der Waals surface area contributed by atoms with E-state index in [0.717, 1.165) is 30.4 Å². The fraction of sp³-hybridized carbons (Fsp3) is 0.222. The van der Waals surface area contributed by atoms with Crippen LogP contribution < -0.4 is 10.6 Å². The van der Waals surface area contributed by atoms with E-state index in [-0.39, 0.29) is 11.8 Å².